The van der Waals surface area contributed by atoms with E-state index < -0.39 is 0 Å². The van der Waals surface area contributed by atoms with Crippen molar-refractivity contribution in [2.75, 3.05) is 13.1 Å². The molecule has 0 fully saturated rings. The Morgan fingerprint density at radius 3 is 2.64 bits per heavy atom. The number of carbonyl (C=O) groups excluding carboxylic acids is 2. The van der Waals surface area contributed by atoms with Crippen molar-refractivity contribution in [1.29, 1.82) is 0 Å². The Hall–Kier alpha value is -0.900. The van der Waals surface area contributed by atoms with Crippen LogP contribution in [0.2, 0.25) is 0 Å². The first-order chi connectivity index (χ1) is 6.76. The largest absolute Gasteiger partial charge is 0.354 e. The topological polar surface area (TPSA) is 58.2 Å². The zero-order valence-electron chi connectivity index (χ0n) is 9.01. The third-order valence-electron chi connectivity index (χ3n) is 1.91. The fourth-order valence-corrected chi connectivity index (χ4v) is 1.24. The van der Waals surface area contributed by atoms with Gasteiger partial charge in [0.2, 0.25) is 5.91 Å². The molecule has 0 bridgehead atoms. The van der Waals surface area contributed by atoms with Crippen LogP contribution in [0.4, 0.5) is 0 Å². The van der Waals surface area contributed by atoms with E-state index >= 15 is 0 Å². The maximum Gasteiger partial charge on any atom is 0.237 e. The van der Waals surface area contributed by atoms with Crippen LogP contribution in [-0.2, 0) is 9.59 Å². The van der Waals surface area contributed by atoms with Crippen LogP contribution in [0.25, 0.3) is 0 Å². The Morgan fingerprint density at radius 1 is 1.43 bits per heavy atom. The second-order valence-corrected chi connectivity index (χ2v) is 3.15. The summed E-state index contributed by atoms with van der Waals surface area (Å²) in [6.45, 7) is 5.24. The summed E-state index contributed by atoms with van der Waals surface area (Å²) in [6.07, 6.45) is 3.00. The fourth-order valence-electron chi connectivity index (χ4n) is 1.24. The first-order valence-electron chi connectivity index (χ1n) is 5.20. The Bertz CT molecular complexity index is 166. The zero-order chi connectivity index (χ0) is 10.8. The number of hydrogen-bond acceptors (Lipinski definition) is 3. The molecule has 0 aliphatic rings. The van der Waals surface area contributed by atoms with Crippen molar-refractivity contribution in [2.45, 2.75) is 39.2 Å². The summed E-state index contributed by atoms with van der Waals surface area (Å²) >= 11 is 0. The fraction of sp³-hybridized carbons (Fsp3) is 0.800. The molecule has 0 aliphatic heterocycles. The molecule has 1 atom stereocenters. The molecule has 14 heavy (non-hydrogen) atoms. The van der Waals surface area contributed by atoms with Crippen molar-refractivity contribution in [1.82, 2.24) is 10.6 Å². The van der Waals surface area contributed by atoms with Crippen LogP contribution in [0.15, 0.2) is 0 Å². The molecule has 0 heterocycles. The van der Waals surface area contributed by atoms with Crippen molar-refractivity contribution in [3.8, 4) is 0 Å². The van der Waals surface area contributed by atoms with Crippen LogP contribution in [0.5, 0.6) is 0 Å². The summed E-state index contributed by atoms with van der Waals surface area (Å²) in [5, 5.41) is 5.83. The summed E-state index contributed by atoms with van der Waals surface area (Å²) in [6, 6.07) is -0.114. The molecule has 4 nitrogen and oxygen atoms in total. The predicted molar refractivity (Wildman–Crippen MR) is 56.1 cm³/mol. The van der Waals surface area contributed by atoms with Gasteiger partial charge in [0.1, 0.15) is 6.29 Å². The molecule has 0 aromatic heterocycles. The van der Waals surface area contributed by atoms with E-state index in [1.807, 2.05) is 13.8 Å². The summed E-state index contributed by atoms with van der Waals surface area (Å²) < 4.78 is 0. The molecule has 0 saturated carbocycles. The van der Waals surface area contributed by atoms with Crippen LogP contribution in [-0.4, -0.2) is 31.3 Å². The second kappa shape index (κ2) is 8.69. The zero-order valence-corrected chi connectivity index (χ0v) is 9.01. The normalized spacial score (nSPS) is 12.1. The van der Waals surface area contributed by atoms with E-state index in [4.69, 9.17) is 0 Å². The van der Waals surface area contributed by atoms with Gasteiger partial charge in [-0.2, -0.15) is 0 Å². The van der Waals surface area contributed by atoms with Gasteiger partial charge in [-0.3, -0.25) is 4.79 Å². The molecule has 0 unspecified atom stereocenters. The van der Waals surface area contributed by atoms with Gasteiger partial charge in [-0.25, -0.2) is 0 Å². The standard InChI is InChI=1S/C10H20N2O2/c1-3-6-9(11-4-2)10(14)12-7-5-8-13/h8-9,11H,3-7H2,1-2H3,(H,12,14)/t9-/m1/s1. The summed E-state index contributed by atoms with van der Waals surface area (Å²) in [5.41, 5.74) is 0. The molecule has 0 spiro atoms. The minimum absolute atomic E-state index is 0.00412. The SMILES string of the molecule is CCC[C@@H](NCC)C(=O)NCCC=O. The summed E-state index contributed by atoms with van der Waals surface area (Å²) in [7, 11) is 0. The third-order valence-corrected chi connectivity index (χ3v) is 1.91. The Balaban J connectivity index is 3.81. The van der Waals surface area contributed by atoms with E-state index in [9.17, 15) is 9.59 Å². The quantitative estimate of drug-likeness (QED) is 0.442. The summed E-state index contributed by atoms with van der Waals surface area (Å²) in [5.74, 6) is -0.00412. The van der Waals surface area contributed by atoms with E-state index in [1.54, 1.807) is 0 Å². The van der Waals surface area contributed by atoms with Gasteiger partial charge >= 0.3 is 0 Å². The van der Waals surface area contributed by atoms with Crippen LogP contribution in [0.3, 0.4) is 0 Å². The highest BCUT2D eigenvalue weighted by Crippen LogP contribution is 1.96. The highest BCUT2D eigenvalue weighted by Gasteiger charge is 2.14. The maximum absolute atomic E-state index is 11.5. The monoisotopic (exact) mass is 200 g/mol. The lowest BCUT2D eigenvalue weighted by atomic mass is 10.1. The molecule has 0 radical (unpaired) electrons. The van der Waals surface area contributed by atoms with Crippen molar-refractivity contribution in [3.05, 3.63) is 0 Å². The minimum Gasteiger partial charge on any atom is -0.354 e. The molecular weight excluding hydrogens is 180 g/mol. The highest BCUT2D eigenvalue weighted by atomic mass is 16.2. The lowest BCUT2D eigenvalue weighted by molar-refractivity contribution is -0.123. The minimum atomic E-state index is -0.114. The number of rotatable bonds is 8. The van der Waals surface area contributed by atoms with Crippen molar-refractivity contribution in [3.63, 3.8) is 0 Å². The van der Waals surface area contributed by atoms with Crippen LogP contribution in [0, 0.1) is 0 Å². The molecule has 0 rings (SSSR count). The molecule has 0 aromatic rings. The van der Waals surface area contributed by atoms with Gasteiger partial charge < -0.3 is 15.4 Å². The number of carbonyl (C=O) groups is 2. The van der Waals surface area contributed by atoms with Crippen LogP contribution in [0.1, 0.15) is 33.1 Å². The maximum atomic E-state index is 11.5. The number of nitrogens with one attached hydrogen (secondary N) is 2. The molecule has 82 valence electrons. The van der Waals surface area contributed by atoms with E-state index in [1.165, 1.54) is 0 Å². The molecule has 1 amide bonds. The van der Waals surface area contributed by atoms with Crippen molar-refractivity contribution in [2.24, 2.45) is 0 Å². The van der Waals surface area contributed by atoms with Crippen molar-refractivity contribution < 1.29 is 9.59 Å². The molecule has 2 N–H and O–H groups in total. The first-order valence-corrected chi connectivity index (χ1v) is 5.20. The van der Waals surface area contributed by atoms with Gasteiger partial charge in [-0.1, -0.05) is 20.3 Å². The number of likely N-dealkylation sites (N-methyl/N-ethyl adjacent to an activating group) is 1. The van der Waals surface area contributed by atoms with Crippen LogP contribution < -0.4 is 10.6 Å². The van der Waals surface area contributed by atoms with Crippen LogP contribution >= 0.6 is 0 Å². The van der Waals surface area contributed by atoms with E-state index in [-0.39, 0.29) is 11.9 Å². The first kappa shape index (κ1) is 13.1. The Morgan fingerprint density at radius 2 is 2.14 bits per heavy atom. The lowest BCUT2D eigenvalue weighted by Gasteiger charge is -2.16. The van der Waals surface area contributed by atoms with Gasteiger partial charge in [0.05, 0.1) is 6.04 Å². The number of aldehydes is 1. The molecular formula is C10H20N2O2. The number of amides is 1. The average molecular weight is 200 g/mol. The Kier molecular flexibility index (Phi) is 8.13. The van der Waals surface area contributed by atoms with E-state index in [0.29, 0.717) is 13.0 Å². The lowest BCUT2D eigenvalue weighted by Crippen LogP contribution is -2.44. The van der Waals surface area contributed by atoms with Gasteiger partial charge in [-0.05, 0) is 13.0 Å². The highest BCUT2D eigenvalue weighted by molar-refractivity contribution is 5.81. The second-order valence-electron chi connectivity index (χ2n) is 3.15. The van der Waals surface area contributed by atoms with Crippen molar-refractivity contribution >= 4 is 12.2 Å². The van der Waals surface area contributed by atoms with Gasteiger partial charge in [-0.15, -0.1) is 0 Å². The van der Waals surface area contributed by atoms with E-state index in [0.717, 1.165) is 25.7 Å². The smallest absolute Gasteiger partial charge is 0.237 e. The summed E-state index contributed by atoms with van der Waals surface area (Å²) in [4.78, 5) is 21.5. The average Bonchev–Trinajstić information content (AvgIpc) is 2.18. The molecule has 4 heteroatoms. The molecule has 0 aromatic carbocycles. The van der Waals surface area contributed by atoms with Gasteiger partial charge in [0.25, 0.3) is 0 Å². The third kappa shape index (κ3) is 5.70. The molecule has 0 aliphatic carbocycles. The van der Waals surface area contributed by atoms with Gasteiger partial charge in [0, 0.05) is 13.0 Å². The van der Waals surface area contributed by atoms with Gasteiger partial charge in [0.15, 0.2) is 0 Å². The predicted octanol–water partition coefficient (Wildman–Crippen LogP) is 0.470. The Labute approximate surface area is 85.4 Å². The molecule has 0 saturated heterocycles. The number of hydrogen-bond donors (Lipinski definition) is 2. The van der Waals surface area contributed by atoms with E-state index in [2.05, 4.69) is 10.6 Å².